The lowest BCUT2D eigenvalue weighted by Crippen LogP contribution is -2.50. The molecule has 0 unspecified atom stereocenters. The molecule has 1 fully saturated rings. The van der Waals surface area contributed by atoms with E-state index in [9.17, 15) is 0 Å². The first-order chi connectivity index (χ1) is 9.30. The van der Waals surface area contributed by atoms with Gasteiger partial charge in [0.1, 0.15) is 5.69 Å². The molecule has 1 saturated heterocycles. The van der Waals surface area contributed by atoms with Crippen LogP contribution in [0.1, 0.15) is 13.8 Å². The minimum absolute atomic E-state index is 0.256. The van der Waals surface area contributed by atoms with Gasteiger partial charge in [-0.3, -0.25) is 4.90 Å². The standard InChI is InChI=1S/C15H28N5/c1-12(2)18-8-10-19(11-9-18)13-6-5-7-14(15(13)16)20(3,4)17/h5-7,12H,8-11,16-17H2,1-4H3/q+1. The van der Waals surface area contributed by atoms with Crippen molar-refractivity contribution in [2.24, 2.45) is 5.84 Å². The van der Waals surface area contributed by atoms with Gasteiger partial charge in [-0.25, -0.2) is 4.59 Å². The second-order valence-electron chi connectivity index (χ2n) is 6.37. The molecule has 1 heterocycles. The Kier molecular flexibility index (Phi) is 4.22. The molecule has 0 radical (unpaired) electrons. The first kappa shape index (κ1) is 15.1. The van der Waals surface area contributed by atoms with E-state index in [-0.39, 0.29) is 4.59 Å². The van der Waals surface area contributed by atoms with Crippen LogP contribution in [0.2, 0.25) is 0 Å². The first-order valence-corrected chi connectivity index (χ1v) is 7.31. The average Bonchev–Trinajstić information content (AvgIpc) is 2.37. The molecule has 2 rings (SSSR count). The highest BCUT2D eigenvalue weighted by Gasteiger charge is 2.24. The van der Waals surface area contributed by atoms with E-state index in [0.29, 0.717) is 6.04 Å². The number of anilines is 2. The monoisotopic (exact) mass is 278 g/mol. The van der Waals surface area contributed by atoms with Crippen molar-refractivity contribution in [3.8, 4) is 0 Å². The molecule has 1 aliphatic heterocycles. The fraction of sp³-hybridized carbons (Fsp3) is 0.600. The highest BCUT2D eigenvalue weighted by atomic mass is 15.5. The summed E-state index contributed by atoms with van der Waals surface area (Å²) in [5, 5.41) is 0. The van der Waals surface area contributed by atoms with Gasteiger partial charge in [-0.2, -0.15) is 5.84 Å². The summed E-state index contributed by atoms with van der Waals surface area (Å²) in [6.45, 7) is 8.70. The Morgan fingerprint density at radius 2 is 1.70 bits per heavy atom. The molecule has 0 spiro atoms. The molecule has 0 bridgehead atoms. The Hall–Kier alpha value is -1.30. The zero-order valence-electron chi connectivity index (χ0n) is 13.1. The van der Waals surface area contributed by atoms with E-state index in [1.54, 1.807) is 0 Å². The van der Waals surface area contributed by atoms with E-state index < -0.39 is 0 Å². The molecule has 0 aliphatic carbocycles. The van der Waals surface area contributed by atoms with E-state index in [2.05, 4.69) is 29.7 Å². The summed E-state index contributed by atoms with van der Waals surface area (Å²) >= 11 is 0. The Morgan fingerprint density at radius 1 is 1.10 bits per heavy atom. The van der Waals surface area contributed by atoms with Crippen LogP contribution in [-0.2, 0) is 0 Å². The second-order valence-corrected chi connectivity index (χ2v) is 6.37. The van der Waals surface area contributed by atoms with Gasteiger partial charge in [0.2, 0.25) is 0 Å². The predicted molar refractivity (Wildman–Crippen MR) is 87.6 cm³/mol. The number of para-hydroxylation sites is 1. The van der Waals surface area contributed by atoms with Crippen LogP contribution >= 0.6 is 0 Å². The molecule has 1 aromatic rings. The summed E-state index contributed by atoms with van der Waals surface area (Å²) < 4.78 is 0.256. The number of hydrogen-bond acceptors (Lipinski definition) is 4. The number of quaternary nitrogens is 1. The van der Waals surface area contributed by atoms with Crippen molar-refractivity contribution in [2.75, 3.05) is 50.9 Å². The lowest BCUT2D eigenvalue weighted by molar-refractivity contribution is 0.209. The smallest absolute Gasteiger partial charge is 0.176 e. The topological polar surface area (TPSA) is 58.5 Å². The van der Waals surface area contributed by atoms with Crippen LogP contribution in [-0.4, -0.2) is 51.2 Å². The number of rotatable bonds is 3. The number of nitrogen functional groups attached to an aromatic ring is 1. The summed E-state index contributed by atoms with van der Waals surface area (Å²) in [4.78, 5) is 4.87. The van der Waals surface area contributed by atoms with Crippen molar-refractivity contribution in [1.82, 2.24) is 9.49 Å². The van der Waals surface area contributed by atoms with Gasteiger partial charge in [-0.1, -0.05) is 6.07 Å². The minimum Gasteiger partial charge on any atom is -0.392 e. The van der Waals surface area contributed by atoms with Gasteiger partial charge in [-0.05, 0) is 19.9 Å². The molecule has 0 aromatic heterocycles. The Labute approximate surface area is 122 Å². The Morgan fingerprint density at radius 3 is 2.20 bits per heavy atom. The molecule has 1 aromatic carbocycles. The molecule has 5 heteroatoms. The minimum atomic E-state index is 0.256. The summed E-state index contributed by atoms with van der Waals surface area (Å²) in [5.41, 5.74) is 9.23. The van der Waals surface area contributed by atoms with E-state index >= 15 is 0 Å². The van der Waals surface area contributed by atoms with Crippen LogP contribution in [0.25, 0.3) is 0 Å². The van der Waals surface area contributed by atoms with Crippen molar-refractivity contribution in [3.05, 3.63) is 18.2 Å². The van der Waals surface area contributed by atoms with Gasteiger partial charge >= 0.3 is 0 Å². The Balaban J connectivity index is 2.19. The van der Waals surface area contributed by atoms with Crippen LogP contribution < -0.4 is 21.1 Å². The maximum Gasteiger partial charge on any atom is 0.176 e. The zero-order valence-corrected chi connectivity index (χ0v) is 13.1. The fourth-order valence-corrected chi connectivity index (χ4v) is 2.80. The maximum atomic E-state index is 6.34. The maximum absolute atomic E-state index is 6.34. The molecule has 0 atom stereocenters. The zero-order chi connectivity index (χ0) is 14.9. The lowest BCUT2D eigenvalue weighted by atomic mass is 10.1. The number of nitrogens with two attached hydrogens (primary N) is 2. The molecule has 20 heavy (non-hydrogen) atoms. The van der Waals surface area contributed by atoms with Crippen LogP contribution in [0, 0.1) is 0 Å². The number of benzene rings is 1. The van der Waals surface area contributed by atoms with Gasteiger partial charge in [0.05, 0.1) is 19.8 Å². The van der Waals surface area contributed by atoms with E-state index in [0.717, 1.165) is 43.2 Å². The molecule has 1 aliphatic rings. The van der Waals surface area contributed by atoms with E-state index in [1.165, 1.54) is 0 Å². The summed E-state index contributed by atoms with van der Waals surface area (Å²) in [5.74, 6) is 6.15. The van der Waals surface area contributed by atoms with Crippen molar-refractivity contribution in [2.45, 2.75) is 19.9 Å². The molecular weight excluding hydrogens is 250 g/mol. The third kappa shape index (κ3) is 3.06. The Bertz CT molecular complexity index is 456. The fourth-order valence-electron chi connectivity index (χ4n) is 2.80. The average molecular weight is 278 g/mol. The van der Waals surface area contributed by atoms with Crippen LogP contribution in [0.3, 0.4) is 0 Å². The van der Waals surface area contributed by atoms with Gasteiger partial charge in [0.25, 0.3) is 0 Å². The molecule has 0 saturated carbocycles. The molecule has 4 N–H and O–H groups in total. The largest absolute Gasteiger partial charge is 0.392 e. The number of nitrogens with zero attached hydrogens (tertiary/aromatic N) is 3. The third-order valence-corrected chi connectivity index (χ3v) is 4.07. The van der Waals surface area contributed by atoms with Crippen molar-refractivity contribution in [1.29, 1.82) is 0 Å². The van der Waals surface area contributed by atoms with Crippen LogP contribution in [0.15, 0.2) is 18.2 Å². The number of piperazine rings is 1. The van der Waals surface area contributed by atoms with Crippen molar-refractivity contribution in [3.63, 3.8) is 0 Å². The molecular formula is C15H28N5+. The molecule has 5 nitrogen and oxygen atoms in total. The van der Waals surface area contributed by atoms with Gasteiger partial charge in [0.15, 0.2) is 5.69 Å². The SMILES string of the molecule is CC(C)N1CCN(c2cccc([N+](C)(C)N)c2N)CC1. The quantitative estimate of drug-likeness (QED) is 0.378. The summed E-state index contributed by atoms with van der Waals surface area (Å²) in [6.07, 6.45) is 0. The normalized spacial score (nSPS) is 17.8. The van der Waals surface area contributed by atoms with Crippen molar-refractivity contribution < 1.29 is 0 Å². The van der Waals surface area contributed by atoms with Crippen LogP contribution in [0.5, 0.6) is 0 Å². The second kappa shape index (κ2) is 5.60. The van der Waals surface area contributed by atoms with Gasteiger partial charge in [0, 0.05) is 38.3 Å². The highest BCUT2D eigenvalue weighted by molar-refractivity contribution is 5.80. The van der Waals surface area contributed by atoms with Crippen molar-refractivity contribution >= 4 is 17.1 Å². The van der Waals surface area contributed by atoms with E-state index in [4.69, 9.17) is 11.6 Å². The summed E-state index contributed by atoms with van der Waals surface area (Å²) in [6, 6.07) is 6.76. The lowest BCUT2D eigenvalue weighted by Gasteiger charge is -2.39. The first-order valence-electron chi connectivity index (χ1n) is 7.31. The predicted octanol–water partition coefficient (Wildman–Crippen LogP) is 1.24. The van der Waals surface area contributed by atoms with Gasteiger partial charge in [-0.15, -0.1) is 0 Å². The van der Waals surface area contributed by atoms with E-state index in [1.807, 2.05) is 26.2 Å². The molecule has 0 amide bonds. The highest BCUT2D eigenvalue weighted by Crippen LogP contribution is 2.34. The third-order valence-electron chi connectivity index (χ3n) is 4.07. The summed E-state index contributed by atoms with van der Waals surface area (Å²) in [7, 11) is 3.87. The number of hydrogen-bond donors (Lipinski definition) is 2. The van der Waals surface area contributed by atoms with Gasteiger partial charge < -0.3 is 10.6 Å². The van der Waals surface area contributed by atoms with Crippen LogP contribution in [0.4, 0.5) is 17.1 Å². The molecule has 112 valence electrons.